The summed E-state index contributed by atoms with van der Waals surface area (Å²) >= 11 is 0. The lowest BCUT2D eigenvalue weighted by atomic mass is 9.83. The van der Waals surface area contributed by atoms with E-state index >= 15 is 0 Å². The van der Waals surface area contributed by atoms with E-state index in [9.17, 15) is 31.3 Å². The average molecular weight is 822 g/mol. The summed E-state index contributed by atoms with van der Waals surface area (Å²) in [4.78, 5) is 36.4. The van der Waals surface area contributed by atoms with E-state index in [-0.39, 0.29) is 32.7 Å². The topological polar surface area (TPSA) is 326 Å². The third-order valence-corrected chi connectivity index (χ3v) is 8.99. The SMILES string of the molecule is CC(=O)O[C@H](CN=[N+]=[N-])COC1[C@@H](O)C(O[C@@H]2OC(CN=[N+]=[N-])[C@H](OCc3ccccc3)[C@H](OCc3ccccc3)C2N=[N+]=[N-])C(N=[N+]=[N-])C[C@H]1NC(=O)OC(C)(C)C. The van der Waals surface area contributed by atoms with Crippen molar-refractivity contribution in [3.8, 4) is 0 Å². The minimum absolute atomic E-state index is 0.0236. The number of aliphatic hydroxyl groups is 1. The van der Waals surface area contributed by atoms with Crippen LogP contribution in [0.3, 0.4) is 0 Å². The molecule has 2 aliphatic rings. The third-order valence-electron chi connectivity index (χ3n) is 8.99. The number of hydrogen-bond donors (Lipinski definition) is 2. The second kappa shape index (κ2) is 22.9. The number of aliphatic hydroxyl groups excluding tert-OH is 1. The fourth-order valence-corrected chi connectivity index (χ4v) is 6.58. The highest BCUT2D eigenvalue weighted by atomic mass is 16.7. The van der Waals surface area contributed by atoms with Crippen molar-refractivity contribution in [1.82, 2.24) is 5.32 Å². The number of hydrogen-bond acceptors (Lipinski definition) is 14. The quantitative estimate of drug-likeness (QED) is 0.0697. The van der Waals surface area contributed by atoms with Gasteiger partial charge in [0.25, 0.3) is 0 Å². The van der Waals surface area contributed by atoms with Gasteiger partial charge in [-0.3, -0.25) is 4.79 Å². The van der Waals surface area contributed by atoms with E-state index in [0.29, 0.717) is 0 Å². The zero-order valence-electron chi connectivity index (χ0n) is 32.9. The zero-order chi connectivity index (χ0) is 42.8. The Kier molecular flexibility index (Phi) is 17.8. The molecule has 0 spiro atoms. The average Bonchev–Trinajstić information content (AvgIpc) is 3.19. The van der Waals surface area contributed by atoms with Gasteiger partial charge in [-0.2, -0.15) is 0 Å². The number of carbonyl (C=O) groups is 2. The van der Waals surface area contributed by atoms with Crippen molar-refractivity contribution in [3.05, 3.63) is 114 Å². The molecule has 1 aliphatic carbocycles. The molecule has 23 nitrogen and oxygen atoms in total. The van der Waals surface area contributed by atoms with E-state index in [1.807, 2.05) is 60.7 Å². The van der Waals surface area contributed by atoms with Gasteiger partial charge in [0, 0.05) is 26.6 Å². The normalized spacial score (nSPS) is 26.9. The summed E-state index contributed by atoms with van der Waals surface area (Å²) in [5.74, 6) is -0.701. The second-order valence-corrected chi connectivity index (χ2v) is 14.5. The monoisotopic (exact) mass is 821 g/mol. The van der Waals surface area contributed by atoms with Gasteiger partial charge in [-0.05, 0) is 60.4 Å². The number of carbonyl (C=O) groups excluding carboxylic acids is 2. The number of ether oxygens (including phenoxy) is 7. The summed E-state index contributed by atoms with van der Waals surface area (Å²) < 4.78 is 42.3. The van der Waals surface area contributed by atoms with E-state index in [1.165, 1.54) is 0 Å². The lowest BCUT2D eigenvalue weighted by molar-refractivity contribution is -0.302. The largest absolute Gasteiger partial charge is 0.460 e. The predicted octanol–water partition coefficient (Wildman–Crippen LogP) is 6.22. The van der Waals surface area contributed by atoms with Crippen LogP contribution < -0.4 is 5.32 Å². The van der Waals surface area contributed by atoms with Crippen molar-refractivity contribution in [2.24, 2.45) is 20.5 Å². The van der Waals surface area contributed by atoms with Gasteiger partial charge >= 0.3 is 12.1 Å². The number of alkyl carbamates (subject to hydrolysis) is 1. The molecule has 5 unspecified atom stereocenters. The molecule has 4 rings (SSSR count). The molecule has 0 radical (unpaired) electrons. The molecule has 2 aromatic carbocycles. The molecule has 0 bridgehead atoms. The summed E-state index contributed by atoms with van der Waals surface area (Å²) in [5, 5.41) is 29.8. The van der Waals surface area contributed by atoms with E-state index < -0.39 is 91.4 Å². The van der Waals surface area contributed by atoms with Gasteiger partial charge in [-0.15, -0.1) is 0 Å². The van der Waals surface area contributed by atoms with Crippen molar-refractivity contribution < 1.29 is 47.9 Å². The van der Waals surface area contributed by atoms with E-state index in [1.54, 1.807) is 20.8 Å². The van der Waals surface area contributed by atoms with Crippen LogP contribution in [0.2, 0.25) is 0 Å². The van der Waals surface area contributed by atoms with E-state index in [0.717, 1.165) is 18.1 Å². The van der Waals surface area contributed by atoms with Gasteiger partial charge in [-0.1, -0.05) is 81.1 Å². The first-order chi connectivity index (χ1) is 28.4. The van der Waals surface area contributed by atoms with Crippen molar-refractivity contribution >= 4 is 12.1 Å². The molecule has 2 fully saturated rings. The molecule has 1 saturated carbocycles. The third kappa shape index (κ3) is 14.2. The fourth-order valence-electron chi connectivity index (χ4n) is 6.58. The van der Waals surface area contributed by atoms with E-state index in [4.69, 9.17) is 38.7 Å². The van der Waals surface area contributed by atoms with Crippen LogP contribution in [-0.4, -0.2) is 110 Å². The minimum atomic E-state index is -1.74. The molecule has 1 saturated heterocycles. The Bertz CT molecular complexity index is 1860. The maximum Gasteiger partial charge on any atom is 0.407 e. The highest BCUT2D eigenvalue weighted by molar-refractivity contribution is 5.68. The minimum Gasteiger partial charge on any atom is -0.460 e. The number of amides is 1. The van der Waals surface area contributed by atoms with Gasteiger partial charge in [0.15, 0.2) is 6.29 Å². The number of nitrogens with zero attached hydrogens (tertiary/aromatic N) is 12. The molecule has 0 aromatic heterocycles. The van der Waals surface area contributed by atoms with Crippen LogP contribution >= 0.6 is 0 Å². The van der Waals surface area contributed by atoms with Crippen molar-refractivity contribution in [3.63, 3.8) is 0 Å². The summed E-state index contributed by atoms with van der Waals surface area (Å²) in [6, 6.07) is 14.7. The first kappa shape index (κ1) is 45.9. The number of azide groups is 4. The molecule has 2 N–H and O–H groups in total. The molecule has 59 heavy (non-hydrogen) atoms. The van der Waals surface area contributed by atoms with Crippen molar-refractivity contribution in [1.29, 1.82) is 0 Å². The number of benzene rings is 2. The smallest absolute Gasteiger partial charge is 0.407 e. The van der Waals surface area contributed by atoms with Crippen LogP contribution in [0.1, 0.15) is 45.2 Å². The highest BCUT2D eigenvalue weighted by Crippen LogP contribution is 2.35. The Hall–Kier alpha value is -5.82. The first-order valence-electron chi connectivity index (χ1n) is 18.6. The van der Waals surface area contributed by atoms with Gasteiger partial charge in [-0.25, -0.2) is 4.79 Å². The van der Waals surface area contributed by atoms with Gasteiger partial charge in [0.2, 0.25) is 0 Å². The Morgan fingerprint density at radius 3 is 2.02 bits per heavy atom. The molecule has 11 atom stereocenters. The Labute approximate surface area is 338 Å². The summed E-state index contributed by atoms with van der Waals surface area (Å²) in [5.41, 5.74) is 38.4. The van der Waals surface area contributed by atoms with Gasteiger partial charge < -0.3 is 43.6 Å². The lowest BCUT2D eigenvalue weighted by Gasteiger charge is -2.48. The molecule has 23 heteroatoms. The van der Waals surface area contributed by atoms with Crippen LogP contribution in [0, 0.1) is 0 Å². The standard InChI is InChI=1S/C36H47N13O10/c1-21(50)56-24(16-41-46-37)20-55-30-25(43-35(52)59-36(2,3)4)15-26(44-48-39)31(29(30)51)58-34-28(45-49-40)33(54-19-23-13-9-6-10-14-23)32(27(57-34)17-42-47-38)53-18-22-11-7-5-8-12-22/h5-14,24-34,51H,15-20H2,1-4H3,(H,43,52)/t24-,25-,26?,27?,28?,29-,30?,31?,32+,33-,34+/m1/s1. The molecule has 316 valence electrons. The molecule has 1 heterocycles. The van der Waals surface area contributed by atoms with Crippen molar-refractivity contribution in [2.75, 3.05) is 19.7 Å². The highest BCUT2D eigenvalue weighted by Gasteiger charge is 2.52. The van der Waals surface area contributed by atoms with Crippen LogP contribution in [0.15, 0.2) is 81.1 Å². The van der Waals surface area contributed by atoms with Gasteiger partial charge in [0.05, 0.1) is 57.2 Å². The van der Waals surface area contributed by atoms with Crippen LogP contribution in [0.25, 0.3) is 41.8 Å². The van der Waals surface area contributed by atoms with Crippen LogP contribution in [0.4, 0.5) is 4.79 Å². The Balaban J connectivity index is 1.73. The molecule has 2 aromatic rings. The van der Waals surface area contributed by atoms with E-state index in [2.05, 4.69) is 45.4 Å². The van der Waals surface area contributed by atoms with Gasteiger partial charge in [0.1, 0.15) is 42.2 Å². The predicted molar refractivity (Wildman–Crippen MR) is 207 cm³/mol. The van der Waals surface area contributed by atoms with Crippen LogP contribution in [0.5, 0.6) is 0 Å². The second-order valence-electron chi connectivity index (χ2n) is 14.5. The first-order valence-corrected chi connectivity index (χ1v) is 18.6. The number of rotatable bonds is 19. The molecular formula is C36H47N13O10. The molecular weight excluding hydrogens is 774 g/mol. The number of esters is 1. The van der Waals surface area contributed by atoms with Crippen molar-refractivity contribution in [2.45, 2.75) is 120 Å². The zero-order valence-corrected chi connectivity index (χ0v) is 32.9. The summed E-state index contributed by atoms with van der Waals surface area (Å²) in [7, 11) is 0. The summed E-state index contributed by atoms with van der Waals surface area (Å²) in [6.45, 7) is 5.16. The Morgan fingerprint density at radius 1 is 0.847 bits per heavy atom. The number of nitrogens with one attached hydrogen (secondary N) is 1. The van der Waals surface area contributed by atoms with Crippen LogP contribution in [-0.2, 0) is 51.2 Å². The lowest BCUT2D eigenvalue weighted by Crippen LogP contribution is -2.65. The Morgan fingerprint density at radius 2 is 1.46 bits per heavy atom. The molecule has 1 aliphatic heterocycles. The molecule has 1 amide bonds. The maximum absolute atomic E-state index is 13.0. The maximum atomic E-state index is 13.0. The fraction of sp³-hybridized carbons (Fsp3) is 0.611. The summed E-state index contributed by atoms with van der Waals surface area (Å²) in [6.07, 6.45) is -11.5.